The number of amides is 2. The van der Waals surface area contributed by atoms with Crippen molar-refractivity contribution in [2.24, 2.45) is 0 Å². The number of nitrogens with zero attached hydrogens (tertiary/aromatic N) is 1. The average molecular weight is 491 g/mol. The fourth-order valence-electron chi connectivity index (χ4n) is 3.19. The lowest BCUT2D eigenvalue weighted by molar-refractivity contribution is -0.139. The molecular formula is C24H31BrN2O2S. The molecule has 4 nitrogen and oxygen atoms in total. The first-order valence-corrected chi connectivity index (χ1v) is 12.2. The molecule has 30 heavy (non-hydrogen) atoms. The second kappa shape index (κ2) is 12.2. The van der Waals surface area contributed by atoms with E-state index in [0.717, 1.165) is 21.4 Å². The van der Waals surface area contributed by atoms with E-state index in [4.69, 9.17) is 0 Å². The van der Waals surface area contributed by atoms with Crippen LogP contribution in [-0.2, 0) is 21.9 Å². The molecular weight excluding hydrogens is 460 g/mol. The second-order valence-corrected chi connectivity index (χ2v) is 9.56. The molecule has 0 aromatic heterocycles. The van der Waals surface area contributed by atoms with Crippen LogP contribution in [0.1, 0.15) is 43.9 Å². The van der Waals surface area contributed by atoms with Crippen LogP contribution in [-0.4, -0.2) is 34.6 Å². The van der Waals surface area contributed by atoms with Crippen molar-refractivity contribution in [3.05, 3.63) is 69.7 Å². The summed E-state index contributed by atoms with van der Waals surface area (Å²) < 4.78 is 1.04. The van der Waals surface area contributed by atoms with Crippen LogP contribution in [0.2, 0.25) is 0 Å². The molecule has 1 unspecified atom stereocenters. The maximum absolute atomic E-state index is 13.2. The number of carbonyl (C=O) groups excluding carboxylic acids is 2. The predicted molar refractivity (Wildman–Crippen MR) is 129 cm³/mol. The van der Waals surface area contributed by atoms with E-state index in [9.17, 15) is 9.59 Å². The lowest BCUT2D eigenvalue weighted by atomic mass is 10.1. The molecule has 0 bridgehead atoms. The Morgan fingerprint density at radius 3 is 2.37 bits per heavy atom. The number of thioether (sulfide) groups is 1. The minimum Gasteiger partial charge on any atom is -0.352 e. The van der Waals surface area contributed by atoms with Gasteiger partial charge in [0.2, 0.25) is 11.8 Å². The maximum Gasteiger partial charge on any atom is 0.243 e. The van der Waals surface area contributed by atoms with E-state index in [2.05, 4.69) is 33.4 Å². The highest BCUT2D eigenvalue weighted by Gasteiger charge is 2.29. The van der Waals surface area contributed by atoms with Crippen molar-refractivity contribution in [1.82, 2.24) is 10.2 Å². The van der Waals surface area contributed by atoms with Crippen molar-refractivity contribution in [2.45, 2.75) is 58.5 Å². The van der Waals surface area contributed by atoms with Gasteiger partial charge in [-0.05, 0) is 56.0 Å². The summed E-state index contributed by atoms with van der Waals surface area (Å²) >= 11 is 5.02. The topological polar surface area (TPSA) is 49.4 Å². The number of aryl methyl sites for hydroxylation is 1. The summed E-state index contributed by atoms with van der Waals surface area (Å²) in [6.07, 6.45) is 0.577. The highest BCUT2D eigenvalue weighted by atomic mass is 79.9. The van der Waals surface area contributed by atoms with Crippen molar-refractivity contribution < 1.29 is 9.59 Å². The van der Waals surface area contributed by atoms with Gasteiger partial charge in [0.05, 0.1) is 5.75 Å². The summed E-state index contributed by atoms with van der Waals surface area (Å²) in [4.78, 5) is 27.8. The van der Waals surface area contributed by atoms with E-state index < -0.39 is 6.04 Å². The average Bonchev–Trinajstić information content (AvgIpc) is 2.70. The normalized spacial score (nSPS) is 11.9. The number of nitrogens with one attached hydrogen (secondary N) is 1. The lowest BCUT2D eigenvalue weighted by Gasteiger charge is -2.31. The number of hydrogen-bond donors (Lipinski definition) is 1. The van der Waals surface area contributed by atoms with Crippen LogP contribution in [0.5, 0.6) is 0 Å². The maximum atomic E-state index is 13.2. The standard InChI is InChI=1S/C24H31BrN2O2S/c1-5-22(24(29)26-17(2)3)27(14-20-9-7-6-8-18(20)4)23(28)16-30-15-19-10-12-21(25)13-11-19/h6-13,17,22H,5,14-16H2,1-4H3,(H,26,29). The Balaban J connectivity index is 2.13. The van der Waals surface area contributed by atoms with Crippen LogP contribution < -0.4 is 5.32 Å². The Hall–Kier alpha value is -1.79. The molecule has 1 N–H and O–H groups in total. The van der Waals surface area contributed by atoms with Crippen LogP contribution in [0.4, 0.5) is 0 Å². The molecule has 0 heterocycles. The zero-order chi connectivity index (χ0) is 22.1. The third-order valence-corrected chi connectivity index (χ3v) is 6.34. The number of rotatable bonds is 10. The van der Waals surface area contributed by atoms with Crippen LogP contribution >= 0.6 is 27.7 Å². The number of carbonyl (C=O) groups is 2. The van der Waals surface area contributed by atoms with Gasteiger partial charge in [-0.1, -0.05) is 59.3 Å². The van der Waals surface area contributed by atoms with Crippen LogP contribution in [0.25, 0.3) is 0 Å². The van der Waals surface area contributed by atoms with Crippen molar-refractivity contribution in [3.63, 3.8) is 0 Å². The fourth-order valence-corrected chi connectivity index (χ4v) is 4.33. The molecule has 1 atom stereocenters. The van der Waals surface area contributed by atoms with Gasteiger partial charge < -0.3 is 10.2 Å². The van der Waals surface area contributed by atoms with Crippen molar-refractivity contribution >= 4 is 39.5 Å². The monoisotopic (exact) mass is 490 g/mol. The zero-order valence-corrected chi connectivity index (χ0v) is 20.6. The summed E-state index contributed by atoms with van der Waals surface area (Å²) in [6, 6.07) is 15.7. The second-order valence-electron chi connectivity index (χ2n) is 7.65. The van der Waals surface area contributed by atoms with Gasteiger partial charge in [0.25, 0.3) is 0 Å². The van der Waals surface area contributed by atoms with Crippen LogP contribution in [0.15, 0.2) is 53.0 Å². The van der Waals surface area contributed by atoms with Crippen LogP contribution in [0, 0.1) is 6.92 Å². The quantitative estimate of drug-likeness (QED) is 0.489. The molecule has 6 heteroatoms. The van der Waals surface area contributed by atoms with Crippen molar-refractivity contribution in [3.8, 4) is 0 Å². The van der Waals surface area contributed by atoms with Gasteiger partial charge >= 0.3 is 0 Å². The van der Waals surface area contributed by atoms with Gasteiger partial charge in [0.15, 0.2) is 0 Å². The van der Waals surface area contributed by atoms with E-state index in [1.165, 1.54) is 5.56 Å². The van der Waals surface area contributed by atoms with Gasteiger partial charge in [-0.3, -0.25) is 9.59 Å². The minimum absolute atomic E-state index is 0.00822. The molecule has 0 radical (unpaired) electrons. The SMILES string of the molecule is CCC(C(=O)NC(C)C)N(Cc1ccccc1C)C(=O)CSCc1ccc(Br)cc1. The Kier molecular flexibility index (Phi) is 9.92. The van der Waals surface area contributed by atoms with Gasteiger partial charge in [-0.15, -0.1) is 11.8 Å². The van der Waals surface area contributed by atoms with Crippen molar-refractivity contribution in [1.29, 1.82) is 0 Å². The molecule has 0 fully saturated rings. The van der Waals surface area contributed by atoms with Gasteiger partial charge in [-0.25, -0.2) is 0 Å². The van der Waals surface area contributed by atoms with Crippen molar-refractivity contribution in [2.75, 3.05) is 5.75 Å². The molecule has 2 aromatic rings. The summed E-state index contributed by atoms with van der Waals surface area (Å²) in [5, 5.41) is 2.97. The molecule has 2 rings (SSSR count). The summed E-state index contributed by atoms with van der Waals surface area (Å²) in [5.41, 5.74) is 3.36. The largest absolute Gasteiger partial charge is 0.352 e. The first kappa shape index (κ1) is 24.5. The summed E-state index contributed by atoms with van der Waals surface area (Å²) in [6.45, 7) is 8.31. The van der Waals surface area contributed by atoms with E-state index in [1.807, 2.05) is 64.1 Å². The number of halogens is 1. The van der Waals surface area contributed by atoms with Crippen LogP contribution in [0.3, 0.4) is 0 Å². The number of benzene rings is 2. The molecule has 2 amide bonds. The van der Waals surface area contributed by atoms with E-state index in [1.54, 1.807) is 16.7 Å². The molecule has 162 valence electrons. The molecule has 0 aliphatic carbocycles. The predicted octanol–water partition coefficient (Wildman–Crippen LogP) is 5.32. The lowest BCUT2D eigenvalue weighted by Crippen LogP contribution is -2.51. The molecule has 0 saturated carbocycles. The molecule has 0 saturated heterocycles. The van der Waals surface area contributed by atoms with Gasteiger partial charge in [0, 0.05) is 22.8 Å². The Morgan fingerprint density at radius 2 is 1.77 bits per heavy atom. The first-order valence-electron chi connectivity index (χ1n) is 10.3. The molecule has 0 spiro atoms. The highest BCUT2D eigenvalue weighted by molar-refractivity contribution is 9.10. The van der Waals surface area contributed by atoms with Gasteiger partial charge in [0.1, 0.15) is 6.04 Å². The molecule has 0 aliphatic rings. The first-order chi connectivity index (χ1) is 14.3. The summed E-state index contributed by atoms with van der Waals surface area (Å²) in [5.74, 6) is 0.998. The fraction of sp³-hybridized carbons (Fsp3) is 0.417. The highest BCUT2D eigenvalue weighted by Crippen LogP contribution is 2.20. The zero-order valence-electron chi connectivity index (χ0n) is 18.2. The molecule has 2 aromatic carbocycles. The Bertz CT molecular complexity index is 839. The third kappa shape index (κ3) is 7.47. The number of hydrogen-bond acceptors (Lipinski definition) is 3. The van der Waals surface area contributed by atoms with E-state index in [-0.39, 0.29) is 17.9 Å². The van der Waals surface area contributed by atoms with E-state index in [0.29, 0.717) is 18.7 Å². The third-order valence-electron chi connectivity index (χ3n) is 4.83. The Labute approximate surface area is 192 Å². The summed E-state index contributed by atoms with van der Waals surface area (Å²) in [7, 11) is 0. The van der Waals surface area contributed by atoms with E-state index >= 15 is 0 Å². The van der Waals surface area contributed by atoms with Gasteiger partial charge in [-0.2, -0.15) is 0 Å². The Morgan fingerprint density at radius 1 is 1.10 bits per heavy atom. The smallest absolute Gasteiger partial charge is 0.243 e. The minimum atomic E-state index is -0.479. The molecule has 0 aliphatic heterocycles.